The van der Waals surface area contributed by atoms with Crippen LogP contribution in [0.1, 0.15) is 4.88 Å². The molecule has 4 aromatic heterocycles. The standard InChI is InChI=1S/C15H10N4OS/c20-15-12-7-10-3-1-5-16-13(10)18-14(12)17-9-19(15)8-11-4-2-6-21-11/h1-7,9H,8H2. The highest BCUT2D eigenvalue weighted by Gasteiger charge is 2.08. The number of hydrogen-bond donors (Lipinski definition) is 0. The lowest BCUT2D eigenvalue weighted by atomic mass is 10.2. The summed E-state index contributed by atoms with van der Waals surface area (Å²) in [6.45, 7) is 0.532. The van der Waals surface area contributed by atoms with Gasteiger partial charge in [0.25, 0.3) is 5.56 Å². The second-order valence-corrected chi connectivity index (χ2v) is 5.70. The third kappa shape index (κ3) is 2.09. The molecule has 0 atom stereocenters. The van der Waals surface area contributed by atoms with Gasteiger partial charge in [-0.25, -0.2) is 15.0 Å². The van der Waals surface area contributed by atoms with Gasteiger partial charge in [-0.3, -0.25) is 9.36 Å². The number of pyridine rings is 2. The van der Waals surface area contributed by atoms with E-state index in [9.17, 15) is 4.79 Å². The summed E-state index contributed by atoms with van der Waals surface area (Å²) < 4.78 is 1.61. The van der Waals surface area contributed by atoms with Gasteiger partial charge in [-0.15, -0.1) is 11.3 Å². The average molecular weight is 294 g/mol. The number of fused-ring (bicyclic) bond motifs is 2. The zero-order valence-electron chi connectivity index (χ0n) is 10.9. The van der Waals surface area contributed by atoms with Crippen LogP contribution in [-0.4, -0.2) is 19.5 Å². The van der Waals surface area contributed by atoms with Crippen LogP contribution in [0.2, 0.25) is 0 Å². The number of thiophene rings is 1. The number of nitrogens with zero attached hydrogens (tertiary/aromatic N) is 4. The van der Waals surface area contributed by atoms with E-state index in [0.717, 1.165) is 10.3 Å². The van der Waals surface area contributed by atoms with Crippen LogP contribution < -0.4 is 5.56 Å². The van der Waals surface area contributed by atoms with Gasteiger partial charge in [0.1, 0.15) is 6.33 Å². The van der Waals surface area contributed by atoms with Gasteiger partial charge in [-0.1, -0.05) is 6.07 Å². The molecule has 102 valence electrons. The molecule has 0 saturated heterocycles. The van der Waals surface area contributed by atoms with Crippen LogP contribution >= 0.6 is 11.3 Å². The predicted octanol–water partition coefficient (Wildman–Crippen LogP) is 2.45. The van der Waals surface area contributed by atoms with Crippen molar-refractivity contribution in [2.45, 2.75) is 6.54 Å². The largest absolute Gasteiger partial charge is 0.293 e. The first kappa shape index (κ1) is 12.2. The maximum Gasteiger partial charge on any atom is 0.263 e. The normalized spacial score (nSPS) is 11.2. The number of hydrogen-bond acceptors (Lipinski definition) is 5. The minimum absolute atomic E-state index is 0.0772. The monoisotopic (exact) mass is 294 g/mol. The first-order valence-corrected chi connectivity index (χ1v) is 7.32. The Morgan fingerprint density at radius 3 is 2.95 bits per heavy atom. The summed E-state index contributed by atoms with van der Waals surface area (Å²) in [5, 5.41) is 3.36. The molecule has 0 aliphatic rings. The van der Waals surface area contributed by atoms with E-state index in [1.165, 1.54) is 0 Å². The van der Waals surface area contributed by atoms with Gasteiger partial charge in [-0.05, 0) is 29.6 Å². The zero-order chi connectivity index (χ0) is 14.2. The summed E-state index contributed by atoms with van der Waals surface area (Å²) in [4.78, 5) is 26.5. The fraction of sp³-hybridized carbons (Fsp3) is 0.0667. The molecule has 5 nitrogen and oxygen atoms in total. The van der Waals surface area contributed by atoms with Gasteiger partial charge in [0.05, 0.1) is 11.9 Å². The van der Waals surface area contributed by atoms with E-state index in [2.05, 4.69) is 15.0 Å². The van der Waals surface area contributed by atoms with E-state index in [0.29, 0.717) is 23.2 Å². The molecule has 0 saturated carbocycles. The van der Waals surface area contributed by atoms with Gasteiger partial charge in [0.2, 0.25) is 0 Å². The van der Waals surface area contributed by atoms with Gasteiger partial charge < -0.3 is 0 Å². The lowest BCUT2D eigenvalue weighted by Crippen LogP contribution is -2.21. The highest BCUT2D eigenvalue weighted by molar-refractivity contribution is 7.09. The molecule has 4 aromatic rings. The second-order valence-electron chi connectivity index (χ2n) is 4.67. The Hall–Kier alpha value is -2.60. The molecule has 0 aliphatic heterocycles. The Kier molecular flexibility index (Phi) is 2.75. The molecule has 0 aliphatic carbocycles. The summed E-state index contributed by atoms with van der Waals surface area (Å²) in [5.74, 6) is 0. The van der Waals surface area contributed by atoms with E-state index in [4.69, 9.17) is 0 Å². The molecule has 0 radical (unpaired) electrons. The van der Waals surface area contributed by atoms with Gasteiger partial charge >= 0.3 is 0 Å². The van der Waals surface area contributed by atoms with Gasteiger partial charge in [0, 0.05) is 16.5 Å². The molecule has 4 heterocycles. The van der Waals surface area contributed by atoms with E-state index in [-0.39, 0.29) is 5.56 Å². The molecule has 0 N–H and O–H groups in total. The van der Waals surface area contributed by atoms with E-state index in [1.807, 2.05) is 35.7 Å². The zero-order valence-corrected chi connectivity index (χ0v) is 11.7. The van der Waals surface area contributed by atoms with E-state index >= 15 is 0 Å². The Balaban J connectivity index is 1.93. The quantitative estimate of drug-likeness (QED) is 0.533. The first-order chi connectivity index (χ1) is 10.3. The van der Waals surface area contributed by atoms with Gasteiger partial charge in [-0.2, -0.15) is 0 Å². The Morgan fingerprint density at radius 1 is 1.14 bits per heavy atom. The smallest absolute Gasteiger partial charge is 0.263 e. The van der Waals surface area contributed by atoms with Crippen LogP contribution in [-0.2, 0) is 6.54 Å². The molecular formula is C15H10N4OS. The Bertz CT molecular complexity index is 992. The van der Waals surface area contributed by atoms with Crippen LogP contribution in [0.5, 0.6) is 0 Å². The first-order valence-electron chi connectivity index (χ1n) is 6.44. The van der Waals surface area contributed by atoms with Crippen molar-refractivity contribution in [2.24, 2.45) is 0 Å². The third-order valence-electron chi connectivity index (χ3n) is 3.29. The van der Waals surface area contributed by atoms with E-state index < -0.39 is 0 Å². The van der Waals surface area contributed by atoms with Crippen LogP contribution in [0.3, 0.4) is 0 Å². The van der Waals surface area contributed by atoms with Crippen LogP contribution in [0.4, 0.5) is 0 Å². The van der Waals surface area contributed by atoms with Crippen LogP contribution in [0.25, 0.3) is 22.1 Å². The molecule has 0 amide bonds. The Morgan fingerprint density at radius 2 is 2.10 bits per heavy atom. The predicted molar refractivity (Wildman–Crippen MR) is 82.5 cm³/mol. The molecule has 0 aromatic carbocycles. The maximum atomic E-state index is 12.6. The van der Waals surface area contributed by atoms with Crippen molar-refractivity contribution in [3.05, 3.63) is 63.5 Å². The SMILES string of the molecule is O=c1c2cc3cccnc3nc2ncn1Cc1cccs1. The van der Waals surface area contributed by atoms with Crippen molar-refractivity contribution < 1.29 is 0 Å². The Labute approximate surface area is 123 Å². The van der Waals surface area contributed by atoms with Crippen molar-refractivity contribution in [2.75, 3.05) is 0 Å². The van der Waals surface area contributed by atoms with Crippen LogP contribution in [0.15, 0.2) is 53.0 Å². The molecule has 0 spiro atoms. The molecule has 0 bridgehead atoms. The van der Waals surface area contributed by atoms with Crippen molar-refractivity contribution in [3.63, 3.8) is 0 Å². The average Bonchev–Trinajstić information content (AvgIpc) is 3.02. The van der Waals surface area contributed by atoms with Crippen molar-refractivity contribution in [1.29, 1.82) is 0 Å². The number of rotatable bonds is 2. The highest BCUT2D eigenvalue weighted by atomic mass is 32.1. The van der Waals surface area contributed by atoms with Crippen LogP contribution in [0, 0.1) is 0 Å². The fourth-order valence-electron chi connectivity index (χ4n) is 2.27. The summed E-state index contributed by atoms with van der Waals surface area (Å²) in [5.41, 5.74) is 0.966. The minimum Gasteiger partial charge on any atom is -0.293 e. The van der Waals surface area contributed by atoms with Crippen molar-refractivity contribution >= 4 is 33.4 Å². The second kappa shape index (κ2) is 4.75. The van der Waals surface area contributed by atoms with Crippen molar-refractivity contribution in [1.82, 2.24) is 19.5 Å². The van der Waals surface area contributed by atoms with Crippen molar-refractivity contribution in [3.8, 4) is 0 Å². The lowest BCUT2D eigenvalue weighted by Gasteiger charge is -2.05. The van der Waals surface area contributed by atoms with E-state index in [1.54, 1.807) is 28.4 Å². The summed E-state index contributed by atoms with van der Waals surface area (Å²) >= 11 is 1.62. The number of aromatic nitrogens is 4. The summed E-state index contributed by atoms with van der Waals surface area (Å²) in [6.07, 6.45) is 3.23. The summed E-state index contributed by atoms with van der Waals surface area (Å²) in [6, 6.07) is 9.51. The maximum absolute atomic E-state index is 12.6. The fourth-order valence-corrected chi connectivity index (χ4v) is 2.97. The molecular weight excluding hydrogens is 284 g/mol. The third-order valence-corrected chi connectivity index (χ3v) is 4.15. The van der Waals surface area contributed by atoms with Gasteiger partial charge in [0.15, 0.2) is 11.3 Å². The molecule has 0 unspecified atom stereocenters. The highest BCUT2D eigenvalue weighted by Crippen LogP contribution is 2.14. The molecule has 4 rings (SSSR count). The lowest BCUT2D eigenvalue weighted by molar-refractivity contribution is 0.757. The topological polar surface area (TPSA) is 60.7 Å². The molecule has 6 heteroatoms. The molecule has 0 fully saturated rings. The summed E-state index contributed by atoms with van der Waals surface area (Å²) in [7, 11) is 0. The minimum atomic E-state index is -0.0772. The molecule has 21 heavy (non-hydrogen) atoms.